The number of rotatable bonds is 13. The van der Waals surface area contributed by atoms with Crippen LogP contribution in [0.2, 0.25) is 0 Å². The summed E-state index contributed by atoms with van der Waals surface area (Å²) in [6.07, 6.45) is 8.72. The molecule has 0 aliphatic heterocycles. The topological polar surface area (TPSA) is 136 Å². The number of nitrogens with one attached hydrogen (secondary N) is 1. The standard InChI is InChI=1S/C32H44N3O4P/c33-29(12-11-22-7-3-1-4-8-22)40(38,39)21-27(20-32-17-24-13-25(18-32)15-26(14-24)19-32)31(37)35-28(30(34)36)16-23-9-5-2-6-10-23/h1-10,24-29H,11-21,33H2,(H2,34,36)(H,35,37)(H,38,39)/t24?,25?,26?,27-,28-,29+,32?/m0/s1. The molecule has 8 heteroatoms. The first-order valence-electron chi connectivity index (χ1n) is 14.9. The maximum Gasteiger partial charge on any atom is 0.240 e. The third kappa shape index (κ3) is 7.05. The van der Waals surface area contributed by atoms with Crippen molar-refractivity contribution in [2.45, 2.75) is 76.0 Å². The summed E-state index contributed by atoms with van der Waals surface area (Å²) in [7, 11) is -3.87. The Labute approximate surface area is 237 Å². The van der Waals surface area contributed by atoms with Crippen molar-refractivity contribution in [3.8, 4) is 0 Å². The minimum atomic E-state index is -3.87. The summed E-state index contributed by atoms with van der Waals surface area (Å²) < 4.78 is 13.7. The molecule has 4 aliphatic carbocycles. The normalized spacial score (nSPS) is 28.8. The van der Waals surface area contributed by atoms with Gasteiger partial charge in [-0.3, -0.25) is 14.2 Å². The number of carbonyl (C=O) groups is 2. The predicted octanol–water partition coefficient (Wildman–Crippen LogP) is 4.61. The van der Waals surface area contributed by atoms with E-state index in [9.17, 15) is 19.0 Å². The Kier molecular flexibility index (Phi) is 8.84. The van der Waals surface area contributed by atoms with E-state index in [2.05, 4.69) is 5.32 Å². The molecule has 7 nitrogen and oxygen atoms in total. The van der Waals surface area contributed by atoms with E-state index in [0.717, 1.165) is 30.4 Å². The Balaban J connectivity index is 1.33. The van der Waals surface area contributed by atoms with Crippen LogP contribution in [-0.2, 0) is 27.0 Å². The van der Waals surface area contributed by atoms with E-state index in [1.54, 1.807) is 0 Å². The molecule has 0 spiro atoms. The maximum absolute atomic E-state index is 13.9. The number of benzene rings is 2. The summed E-state index contributed by atoms with van der Waals surface area (Å²) in [5, 5.41) is 2.88. The third-order valence-electron chi connectivity index (χ3n) is 9.73. The second-order valence-corrected chi connectivity index (χ2v) is 15.5. The van der Waals surface area contributed by atoms with Crippen LogP contribution in [0, 0.1) is 29.1 Å². The van der Waals surface area contributed by atoms with Gasteiger partial charge in [0.15, 0.2) is 0 Å². The molecule has 0 radical (unpaired) electrons. The lowest BCUT2D eigenvalue weighted by atomic mass is 9.48. The minimum Gasteiger partial charge on any atom is -0.368 e. The molecule has 2 amide bonds. The molecule has 216 valence electrons. The molecule has 0 aromatic heterocycles. The highest BCUT2D eigenvalue weighted by Crippen LogP contribution is 2.62. The molecule has 2 aromatic carbocycles. The first-order valence-corrected chi connectivity index (χ1v) is 16.8. The molecule has 4 atom stereocenters. The van der Waals surface area contributed by atoms with Gasteiger partial charge in [0.1, 0.15) is 6.04 Å². The van der Waals surface area contributed by atoms with E-state index in [0.29, 0.717) is 37.0 Å². The van der Waals surface area contributed by atoms with Crippen molar-refractivity contribution in [3.05, 3.63) is 71.8 Å². The Bertz CT molecular complexity index is 1190. The highest BCUT2D eigenvalue weighted by atomic mass is 31.2. The SMILES string of the molecule is NC(=O)[C@H](Cc1ccccc1)NC(=O)[C@@H](CC12CC3CC(CC(C3)C1)C2)CP(=O)(O)[C@@H](N)CCc1ccccc1. The van der Waals surface area contributed by atoms with E-state index in [4.69, 9.17) is 11.5 Å². The van der Waals surface area contributed by atoms with Crippen molar-refractivity contribution in [2.24, 2.45) is 40.6 Å². The summed E-state index contributed by atoms with van der Waals surface area (Å²) >= 11 is 0. The van der Waals surface area contributed by atoms with Gasteiger partial charge in [-0.1, -0.05) is 60.7 Å². The monoisotopic (exact) mass is 565 g/mol. The molecule has 0 saturated heterocycles. The van der Waals surface area contributed by atoms with Crippen molar-refractivity contribution in [2.75, 3.05) is 6.16 Å². The summed E-state index contributed by atoms with van der Waals surface area (Å²) in [5.41, 5.74) is 14.0. The zero-order valence-corrected chi connectivity index (χ0v) is 24.2. The van der Waals surface area contributed by atoms with Gasteiger partial charge >= 0.3 is 0 Å². The number of hydrogen-bond donors (Lipinski definition) is 4. The molecule has 40 heavy (non-hydrogen) atoms. The maximum atomic E-state index is 13.9. The van der Waals surface area contributed by atoms with Gasteiger partial charge in [0.25, 0.3) is 0 Å². The second kappa shape index (κ2) is 12.2. The minimum absolute atomic E-state index is 0.0204. The van der Waals surface area contributed by atoms with Gasteiger partial charge in [0.05, 0.1) is 5.78 Å². The third-order valence-corrected chi connectivity index (χ3v) is 12.0. The fourth-order valence-corrected chi connectivity index (χ4v) is 10.0. The van der Waals surface area contributed by atoms with Gasteiger partial charge in [-0.2, -0.15) is 0 Å². The van der Waals surface area contributed by atoms with Crippen molar-refractivity contribution >= 4 is 19.2 Å². The number of aryl methyl sites for hydroxylation is 1. The Morgan fingerprint density at radius 3 is 1.98 bits per heavy atom. The van der Waals surface area contributed by atoms with Crippen LogP contribution in [-0.4, -0.2) is 34.7 Å². The zero-order chi connectivity index (χ0) is 28.3. The van der Waals surface area contributed by atoms with Crippen LogP contribution in [0.4, 0.5) is 0 Å². The zero-order valence-electron chi connectivity index (χ0n) is 23.3. The molecule has 2 aromatic rings. The lowest BCUT2D eigenvalue weighted by Gasteiger charge is -2.57. The van der Waals surface area contributed by atoms with E-state index in [-0.39, 0.29) is 23.9 Å². The molecule has 4 saturated carbocycles. The molecular weight excluding hydrogens is 521 g/mol. The first-order chi connectivity index (χ1) is 19.1. The van der Waals surface area contributed by atoms with Gasteiger partial charge in [0.2, 0.25) is 19.2 Å². The van der Waals surface area contributed by atoms with Crippen LogP contribution in [0.5, 0.6) is 0 Å². The molecule has 4 fully saturated rings. The van der Waals surface area contributed by atoms with Gasteiger partial charge < -0.3 is 21.7 Å². The number of hydrogen-bond acceptors (Lipinski definition) is 4. The average molecular weight is 566 g/mol. The van der Waals surface area contributed by atoms with Crippen molar-refractivity contribution in [3.63, 3.8) is 0 Å². The summed E-state index contributed by atoms with van der Waals surface area (Å²) in [6, 6.07) is 18.3. The van der Waals surface area contributed by atoms with E-state index in [1.807, 2.05) is 60.7 Å². The lowest BCUT2D eigenvalue weighted by molar-refractivity contribution is -0.132. The predicted molar refractivity (Wildman–Crippen MR) is 157 cm³/mol. The van der Waals surface area contributed by atoms with Crippen molar-refractivity contribution in [1.29, 1.82) is 0 Å². The Morgan fingerprint density at radius 2 is 1.45 bits per heavy atom. The Morgan fingerprint density at radius 1 is 0.925 bits per heavy atom. The largest absolute Gasteiger partial charge is 0.368 e. The van der Waals surface area contributed by atoms with Crippen LogP contribution in [0.25, 0.3) is 0 Å². The van der Waals surface area contributed by atoms with E-state index >= 15 is 0 Å². The van der Waals surface area contributed by atoms with E-state index < -0.39 is 31.0 Å². The lowest BCUT2D eigenvalue weighted by Crippen LogP contribution is -2.51. The molecule has 6 N–H and O–H groups in total. The number of carbonyl (C=O) groups excluding carboxylic acids is 2. The summed E-state index contributed by atoms with van der Waals surface area (Å²) in [6.45, 7) is 0. The van der Waals surface area contributed by atoms with Gasteiger partial charge in [-0.25, -0.2) is 0 Å². The number of amides is 2. The molecule has 6 rings (SSSR count). The van der Waals surface area contributed by atoms with E-state index in [1.165, 1.54) is 19.3 Å². The highest BCUT2D eigenvalue weighted by Gasteiger charge is 2.52. The first kappa shape index (κ1) is 29.0. The fraction of sp³-hybridized carbons (Fsp3) is 0.562. The van der Waals surface area contributed by atoms with Crippen molar-refractivity contribution in [1.82, 2.24) is 5.32 Å². The van der Waals surface area contributed by atoms with Crippen LogP contribution < -0.4 is 16.8 Å². The molecule has 4 aliphatic rings. The van der Waals surface area contributed by atoms with Crippen LogP contribution in [0.15, 0.2) is 60.7 Å². The average Bonchev–Trinajstić information content (AvgIpc) is 2.91. The van der Waals surface area contributed by atoms with Crippen molar-refractivity contribution < 1.29 is 19.0 Å². The summed E-state index contributed by atoms with van der Waals surface area (Å²) in [5.74, 6) is -0.512. The quantitative estimate of drug-likeness (QED) is 0.263. The second-order valence-electron chi connectivity index (χ2n) is 13.0. The van der Waals surface area contributed by atoms with Crippen LogP contribution in [0.3, 0.4) is 0 Å². The molecule has 0 heterocycles. The molecule has 1 unspecified atom stereocenters. The number of primary amides is 1. The molecular formula is C32H44N3O4P. The smallest absolute Gasteiger partial charge is 0.240 e. The van der Waals surface area contributed by atoms with Gasteiger partial charge in [0, 0.05) is 18.5 Å². The van der Waals surface area contributed by atoms with Crippen LogP contribution >= 0.6 is 7.37 Å². The molecule has 4 bridgehead atoms. The van der Waals surface area contributed by atoms with Gasteiger partial charge in [-0.15, -0.1) is 0 Å². The highest BCUT2D eigenvalue weighted by molar-refractivity contribution is 7.58. The van der Waals surface area contributed by atoms with Crippen LogP contribution in [0.1, 0.15) is 62.5 Å². The summed E-state index contributed by atoms with van der Waals surface area (Å²) in [4.78, 5) is 37.5. The Hall–Kier alpha value is -2.47. The fourth-order valence-electron chi connectivity index (χ4n) is 8.28. The van der Waals surface area contributed by atoms with Gasteiger partial charge in [-0.05, 0) is 92.1 Å². The number of nitrogens with two attached hydrogens (primary N) is 2.